The average Bonchev–Trinajstić information content (AvgIpc) is 3.40. The van der Waals surface area contributed by atoms with Crippen LogP contribution in [0.25, 0.3) is 0 Å². The van der Waals surface area contributed by atoms with Gasteiger partial charge in [-0.15, -0.1) is 0 Å². The second-order valence-corrected chi connectivity index (χ2v) is 21.5. The molecule has 1 amide bonds. The van der Waals surface area contributed by atoms with E-state index in [4.69, 9.17) is 28.4 Å². The summed E-state index contributed by atoms with van der Waals surface area (Å²) in [6, 6.07) is -0.876. The monoisotopic (exact) mass is 1070 g/mol. The highest BCUT2D eigenvalue weighted by atomic mass is 16.8. The minimum absolute atomic E-state index is 0.244. The SMILES string of the molecule is CCCCCCCCCCCCCCCCCCCCCCCCCCCCCC(O)C(COC1OC(CO)C(OC2OC(CO)C(OC3OC(CO)C(O)C(O)C3O)C(O)C2O)C(O)C1O)NC(=O)CCCC. The molecular weight excluding hydrogens is 963 g/mol. The van der Waals surface area contributed by atoms with Crippen molar-refractivity contribution < 1.29 is 89.4 Å². The molecule has 0 aliphatic carbocycles. The first kappa shape index (κ1) is 67.1. The van der Waals surface area contributed by atoms with E-state index in [0.717, 1.165) is 32.1 Å². The van der Waals surface area contributed by atoms with Crippen molar-refractivity contribution in [3.8, 4) is 0 Å². The molecule has 0 aromatic heterocycles. The van der Waals surface area contributed by atoms with E-state index >= 15 is 0 Å². The summed E-state index contributed by atoms with van der Waals surface area (Å²) in [6.07, 6.45) is 10.9. The van der Waals surface area contributed by atoms with Crippen LogP contribution in [0.2, 0.25) is 0 Å². The summed E-state index contributed by atoms with van der Waals surface area (Å²) in [6.45, 7) is 1.54. The Morgan fingerprint density at radius 1 is 0.432 bits per heavy atom. The Kier molecular flexibility index (Phi) is 36.3. The number of hydrogen-bond donors (Lipinski definition) is 12. The molecule has 0 saturated carbocycles. The van der Waals surface area contributed by atoms with Crippen molar-refractivity contribution in [2.24, 2.45) is 0 Å². The van der Waals surface area contributed by atoms with Crippen molar-refractivity contribution in [1.29, 1.82) is 0 Å². The third-order valence-corrected chi connectivity index (χ3v) is 15.2. The lowest BCUT2D eigenvalue weighted by Gasteiger charge is -2.48. The van der Waals surface area contributed by atoms with E-state index in [-0.39, 0.29) is 18.9 Å². The summed E-state index contributed by atoms with van der Waals surface area (Å²) >= 11 is 0. The number of aliphatic hydroxyl groups excluding tert-OH is 11. The van der Waals surface area contributed by atoms with E-state index in [9.17, 15) is 61.0 Å². The van der Waals surface area contributed by atoms with Gasteiger partial charge in [-0.3, -0.25) is 4.79 Å². The van der Waals surface area contributed by atoms with Gasteiger partial charge in [0.2, 0.25) is 5.91 Å². The Morgan fingerprint density at radius 2 is 0.770 bits per heavy atom. The summed E-state index contributed by atoms with van der Waals surface area (Å²) in [5, 5.41) is 119. The highest BCUT2D eigenvalue weighted by Gasteiger charge is 2.53. The topological polar surface area (TPSA) is 307 Å². The molecule has 0 bridgehead atoms. The van der Waals surface area contributed by atoms with Crippen molar-refractivity contribution in [3.05, 3.63) is 0 Å². The van der Waals surface area contributed by atoms with Crippen molar-refractivity contribution in [3.63, 3.8) is 0 Å². The molecule has 3 rings (SSSR count). The predicted molar refractivity (Wildman–Crippen MR) is 277 cm³/mol. The molecule has 0 aromatic carbocycles. The number of carbonyl (C=O) groups is 1. The maximum atomic E-state index is 12.8. The van der Waals surface area contributed by atoms with Crippen LogP contribution in [0.4, 0.5) is 0 Å². The fourth-order valence-corrected chi connectivity index (χ4v) is 10.3. The molecule has 3 fully saturated rings. The van der Waals surface area contributed by atoms with Gasteiger partial charge < -0.3 is 89.9 Å². The van der Waals surface area contributed by atoms with E-state index in [2.05, 4.69) is 12.2 Å². The molecule has 0 spiro atoms. The molecule has 3 aliphatic heterocycles. The van der Waals surface area contributed by atoms with Crippen LogP contribution in [0.15, 0.2) is 0 Å². The standard InChI is InChI=1S/C55H105NO18/c1-3-5-7-8-9-10-11-12-13-14-15-16-17-18-19-20-21-22-23-24-25-26-27-28-29-30-31-32-39(60)38(56-43(61)33-6-4-2)37-69-53-49(67)46(64)51(41(35-58)71-53)74-55-50(68)47(65)52(42(36-59)72-55)73-54-48(66)45(63)44(62)40(34-57)70-54/h38-42,44-55,57-60,62-68H,3-37H2,1-2H3,(H,56,61). The molecule has 3 heterocycles. The van der Waals surface area contributed by atoms with Crippen LogP contribution in [0, 0.1) is 0 Å². The number of hydrogen-bond acceptors (Lipinski definition) is 18. The van der Waals surface area contributed by atoms with Crippen LogP contribution >= 0.6 is 0 Å². The van der Waals surface area contributed by atoms with Gasteiger partial charge in [-0.25, -0.2) is 0 Å². The Balaban J connectivity index is 1.32. The van der Waals surface area contributed by atoms with Gasteiger partial charge in [0.25, 0.3) is 0 Å². The normalized spacial score (nSPS) is 31.4. The average molecular weight is 1070 g/mol. The number of amides is 1. The molecule has 19 heteroatoms. The lowest BCUT2D eigenvalue weighted by molar-refractivity contribution is -0.379. The van der Waals surface area contributed by atoms with Crippen LogP contribution < -0.4 is 5.32 Å². The number of ether oxygens (including phenoxy) is 6. The minimum atomic E-state index is -1.97. The molecule has 17 atom stereocenters. The quantitative estimate of drug-likeness (QED) is 0.0376. The molecule has 74 heavy (non-hydrogen) atoms. The van der Waals surface area contributed by atoms with Gasteiger partial charge in [0.05, 0.1) is 38.6 Å². The van der Waals surface area contributed by atoms with Gasteiger partial charge in [-0.1, -0.05) is 194 Å². The fourth-order valence-electron chi connectivity index (χ4n) is 10.3. The number of nitrogens with one attached hydrogen (secondary N) is 1. The zero-order chi connectivity index (χ0) is 54.1. The number of rotatable bonds is 43. The number of aliphatic hydroxyl groups is 11. The Labute approximate surface area is 443 Å². The van der Waals surface area contributed by atoms with E-state index in [1.807, 2.05) is 6.92 Å². The number of unbranched alkanes of at least 4 members (excludes halogenated alkanes) is 27. The summed E-state index contributed by atoms with van der Waals surface area (Å²) in [7, 11) is 0. The summed E-state index contributed by atoms with van der Waals surface area (Å²) in [5.41, 5.74) is 0. The molecular formula is C55H105NO18. The maximum absolute atomic E-state index is 12.8. The van der Waals surface area contributed by atoms with E-state index < -0.39 is 124 Å². The van der Waals surface area contributed by atoms with Crippen molar-refractivity contribution >= 4 is 5.91 Å². The van der Waals surface area contributed by atoms with Gasteiger partial charge in [0, 0.05) is 6.42 Å². The molecule has 12 N–H and O–H groups in total. The van der Waals surface area contributed by atoms with E-state index in [1.54, 1.807) is 0 Å². The van der Waals surface area contributed by atoms with Crippen molar-refractivity contribution in [2.75, 3.05) is 26.4 Å². The Hall–Kier alpha value is -1.21. The molecule has 438 valence electrons. The summed E-state index contributed by atoms with van der Waals surface area (Å²) < 4.78 is 34.0. The fraction of sp³-hybridized carbons (Fsp3) is 0.982. The molecule has 17 unspecified atom stereocenters. The zero-order valence-electron chi connectivity index (χ0n) is 45.3. The van der Waals surface area contributed by atoms with Crippen LogP contribution in [0.5, 0.6) is 0 Å². The second kappa shape index (κ2) is 40.0. The molecule has 3 saturated heterocycles. The van der Waals surface area contributed by atoms with Crippen LogP contribution in [0.1, 0.15) is 213 Å². The molecule has 3 aliphatic rings. The second-order valence-electron chi connectivity index (χ2n) is 21.5. The Morgan fingerprint density at radius 3 is 1.16 bits per heavy atom. The molecule has 0 radical (unpaired) electrons. The summed E-state index contributed by atoms with van der Waals surface area (Å²) in [5.74, 6) is -0.276. The molecule has 0 aromatic rings. The van der Waals surface area contributed by atoms with Crippen LogP contribution in [-0.4, -0.2) is 193 Å². The van der Waals surface area contributed by atoms with Crippen LogP contribution in [-0.2, 0) is 33.2 Å². The Bertz CT molecular complexity index is 1370. The van der Waals surface area contributed by atoms with Gasteiger partial charge in [-0.05, 0) is 12.8 Å². The lowest BCUT2D eigenvalue weighted by Crippen LogP contribution is -2.66. The summed E-state index contributed by atoms with van der Waals surface area (Å²) in [4.78, 5) is 12.8. The van der Waals surface area contributed by atoms with E-state index in [0.29, 0.717) is 12.8 Å². The van der Waals surface area contributed by atoms with Crippen LogP contribution in [0.3, 0.4) is 0 Å². The van der Waals surface area contributed by atoms with Gasteiger partial charge in [0.1, 0.15) is 73.2 Å². The van der Waals surface area contributed by atoms with Gasteiger partial charge in [0.15, 0.2) is 18.9 Å². The van der Waals surface area contributed by atoms with Crippen molar-refractivity contribution in [1.82, 2.24) is 5.32 Å². The van der Waals surface area contributed by atoms with E-state index in [1.165, 1.54) is 148 Å². The third kappa shape index (κ3) is 24.4. The smallest absolute Gasteiger partial charge is 0.220 e. The minimum Gasteiger partial charge on any atom is -0.394 e. The maximum Gasteiger partial charge on any atom is 0.220 e. The van der Waals surface area contributed by atoms with Gasteiger partial charge >= 0.3 is 0 Å². The largest absolute Gasteiger partial charge is 0.394 e. The third-order valence-electron chi connectivity index (χ3n) is 15.2. The number of carbonyl (C=O) groups excluding carboxylic acids is 1. The highest BCUT2D eigenvalue weighted by molar-refractivity contribution is 5.76. The molecule has 19 nitrogen and oxygen atoms in total. The predicted octanol–water partition coefficient (Wildman–Crippen LogP) is 4.43. The van der Waals surface area contributed by atoms with Crippen molar-refractivity contribution in [2.45, 2.75) is 317 Å². The lowest BCUT2D eigenvalue weighted by atomic mass is 9.96. The highest BCUT2D eigenvalue weighted by Crippen LogP contribution is 2.33. The first-order valence-corrected chi connectivity index (χ1v) is 29.3. The first-order valence-electron chi connectivity index (χ1n) is 29.3. The first-order chi connectivity index (χ1) is 35.8. The van der Waals surface area contributed by atoms with Gasteiger partial charge in [-0.2, -0.15) is 0 Å². The zero-order valence-corrected chi connectivity index (χ0v) is 45.3.